The summed E-state index contributed by atoms with van der Waals surface area (Å²) >= 11 is 0. The molecule has 2 aromatic heterocycles. The first-order chi connectivity index (χ1) is 7.89. The van der Waals surface area contributed by atoms with Crippen LogP contribution in [0.3, 0.4) is 0 Å². The van der Waals surface area contributed by atoms with Gasteiger partial charge in [-0.15, -0.1) is 0 Å². The van der Waals surface area contributed by atoms with Crippen molar-refractivity contribution in [2.24, 2.45) is 0 Å². The molecule has 0 amide bonds. The second kappa shape index (κ2) is 3.87. The minimum atomic E-state index is -0.848. The Morgan fingerprint density at radius 2 is 2.18 bits per heavy atom. The Morgan fingerprint density at radius 3 is 2.76 bits per heavy atom. The van der Waals surface area contributed by atoms with E-state index in [1.807, 2.05) is 18.2 Å². The summed E-state index contributed by atoms with van der Waals surface area (Å²) in [7, 11) is 0. The van der Waals surface area contributed by atoms with Crippen LogP contribution in [0.2, 0.25) is 0 Å². The van der Waals surface area contributed by atoms with Gasteiger partial charge in [-0.05, 0) is 18.2 Å². The van der Waals surface area contributed by atoms with Crippen molar-refractivity contribution in [2.75, 3.05) is 0 Å². The summed E-state index contributed by atoms with van der Waals surface area (Å²) in [5, 5.41) is 9.97. The molecule has 2 heterocycles. The van der Waals surface area contributed by atoms with E-state index in [2.05, 4.69) is 25.8 Å². The first-order valence-corrected chi connectivity index (χ1v) is 5.56. The van der Waals surface area contributed by atoms with Gasteiger partial charge in [0.25, 0.3) is 0 Å². The van der Waals surface area contributed by atoms with Crippen LogP contribution in [0.5, 0.6) is 0 Å². The predicted octanol–water partition coefficient (Wildman–Crippen LogP) is 2.42. The fourth-order valence-electron chi connectivity index (χ4n) is 2.00. The maximum atomic E-state index is 10.9. The average molecular weight is 232 g/mol. The molecule has 0 radical (unpaired) electrons. The van der Waals surface area contributed by atoms with Crippen molar-refractivity contribution < 1.29 is 9.90 Å². The molecule has 2 aromatic rings. The lowest BCUT2D eigenvalue weighted by Crippen LogP contribution is -2.20. The maximum absolute atomic E-state index is 10.9. The predicted molar refractivity (Wildman–Crippen MR) is 66.1 cm³/mol. The molecule has 0 saturated heterocycles. The topological polar surface area (TPSA) is 55.1 Å². The SMILES string of the molecule is CC(C)(C)c1cc2cccnc2n1CC(=O)O. The van der Waals surface area contributed by atoms with Gasteiger partial charge in [-0.1, -0.05) is 20.8 Å². The first kappa shape index (κ1) is 11.6. The number of carboxylic acid groups (broad SMARTS) is 1. The zero-order chi connectivity index (χ0) is 12.6. The van der Waals surface area contributed by atoms with Gasteiger partial charge in [0.15, 0.2) is 0 Å². The molecular formula is C13H16N2O2. The highest BCUT2D eigenvalue weighted by Gasteiger charge is 2.22. The van der Waals surface area contributed by atoms with E-state index < -0.39 is 5.97 Å². The number of hydrogen-bond donors (Lipinski definition) is 1. The van der Waals surface area contributed by atoms with Crippen molar-refractivity contribution >= 4 is 17.0 Å². The van der Waals surface area contributed by atoms with E-state index in [0.29, 0.717) is 0 Å². The molecule has 0 spiro atoms. The fourth-order valence-corrected chi connectivity index (χ4v) is 2.00. The smallest absolute Gasteiger partial charge is 0.323 e. The van der Waals surface area contributed by atoms with Gasteiger partial charge in [0, 0.05) is 22.7 Å². The molecule has 0 aliphatic carbocycles. The second-order valence-corrected chi connectivity index (χ2v) is 5.18. The largest absolute Gasteiger partial charge is 0.480 e. The van der Waals surface area contributed by atoms with Crippen LogP contribution in [-0.2, 0) is 16.8 Å². The van der Waals surface area contributed by atoms with Gasteiger partial charge in [-0.2, -0.15) is 0 Å². The Bertz CT molecular complexity index is 564. The van der Waals surface area contributed by atoms with Crippen LogP contribution in [0.1, 0.15) is 26.5 Å². The van der Waals surface area contributed by atoms with E-state index in [-0.39, 0.29) is 12.0 Å². The molecule has 0 aromatic carbocycles. The number of aliphatic carboxylic acids is 1. The zero-order valence-corrected chi connectivity index (χ0v) is 10.3. The highest BCUT2D eigenvalue weighted by molar-refractivity contribution is 5.79. The molecule has 0 fully saturated rings. The van der Waals surface area contributed by atoms with Crippen LogP contribution in [0.15, 0.2) is 24.4 Å². The number of nitrogens with zero attached hydrogens (tertiary/aromatic N) is 2. The molecule has 0 atom stereocenters. The second-order valence-electron chi connectivity index (χ2n) is 5.18. The average Bonchev–Trinajstić information content (AvgIpc) is 2.56. The monoisotopic (exact) mass is 232 g/mol. The molecule has 17 heavy (non-hydrogen) atoms. The molecule has 90 valence electrons. The van der Waals surface area contributed by atoms with Crippen molar-refractivity contribution in [3.05, 3.63) is 30.1 Å². The third-order valence-electron chi connectivity index (χ3n) is 2.72. The Hall–Kier alpha value is -1.84. The highest BCUT2D eigenvalue weighted by atomic mass is 16.4. The van der Waals surface area contributed by atoms with Gasteiger partial charge in [-0.3, -0.25) is 4.79 Å². The van der Waals surface area contributed by atoms with E-state index in [1.54, 1.807) is 10.8 Å². The summed E-state index contributed by atoms with van der Waals surface area (Å²) in [5.41, 5.74) is 1.63. The van der Waals surface area contributed by atoms with Crippen molar-refractivity contribution in [1.82, 2.24) is 9.55 Å². The van der Waals surface area contributed by atoms with E-state index >= 15 is 0 Å². The minimum Gasteiger partial charge on any atom is -0.480 e. The lowest BCUT2D eigenvalue weighted by molar-refractivity contribution is -0.137. The Labute approximate surface area is 99.9 Å². The van der Waals surface area contributed by atoms with Gasteiger partial charge in [0.1, 0.15) is 12.2 Å². The number of pyridine rings is 1. The number of rotatable bonds is 2. The number of aromatic nitrogens is 2. The Kier molecular flexibility index (Phi) is 2.65. The molecule has 0 unspecified atom stereocenters. The summed E-state index contributed by atoms with van der Waals surface area (Å²) < 4.78 is 1.78. The third kappa shape index (κ3) is 2.16. The van der Waals surface area contributed by atoms with Gasteiger partial charge >= 0.3 is 5.97 Å². The molecule has 0 saturated carbocycles. The molecule has 0 aliphatic heterocycles. The van der Waals surface area contributed by atoms with Crippen molar-refractivity contribution in [3.63, 3.8) is 0 Å². The number of hydrogen-bond acceptors (Lipinski definition) is 2. The molecule has 4 heteroatoms. The van der Waals surface area contributed by atoms with Gasteiger partial charge in [0.05, 0.1) is 0 Å². The van der Waals surface area contributed by atoms with Crippen LogP contribution >= 0.6 is 0 Å². The summed E-state index contributed by atoms with van der Waals surface area (Å²) in [5.74, 6) is -0.848. The Morgan fingerprint density at radius 1 is 1.47 bits per heavy atom. The molecule has 2 rings (SSSR count). The van der Waals surface area contributed by atoms with Gasteiger partial charge < -0.3 is 9.67 Å². The van der Waals surface area contributed by atoms with Crippen LogP contribution in [-0.4, -0.2) is 20.6 Å². The van der Waals surface area contributed by atoms with Crippen molar-refractivity contribution in [1.29, 1.82) is 0 Å². The van der Waals surface area contributed by atoms with E-state index in [1.165, 1.54) is 0 Å². The lowest BCUT2D eigenvalue weighted by atomic mass is 9.92. The summed E-state index contributed by atoms with van der Waals surface area (Å²) in [4.78, 5) is 15.2. The summed E-state index contributed by atoms with van der Waals surface area (Å²) in [6.07, 6.45) is 1.69. The van der Waals surface area contributed by atoms with Crippen molar-refractivity contribution in [2.45, 2.75) is 32.7 Å². The zero-order valence-electron chi connectivity index (χ0n) is 10.3. The van der Waals surface area contributed by atoms with Crippen LogP contribution in [0.4, 0.5) is 0 Å². The fraction of sp³-hybridized carbons (Fsp3) is 0.385. The van der Waals surface area contributed by atoms with Crippen LogP contribution < -0.4 is 0 Å². The normalized spacial score (nSPS) is 11.9. The standard InChI is InChI=1S/C13H16N2O2/c1-13(2,3)10-7-9-5-4-6-14-12(9)15(10)8-11(16)17/h4-7H,8H2,1-3H3,(H,16,17). The molecule has 0 aliphatic rings. The summed E-state index contributed by atoms with van der Waals surface area (Å²) in [6, 6.07) is 5.83. The lowest BCUT2D eigenvalue weighted by Gasteiger charge is -2.20. The molecule has 4 nitrogen and oxygen atoms in total. The minimum absolute atomic E-state index is 0.0485. The molecule has 1 N–H and O–H groups in total. The quantitative estimate of drug-likeness (QED) is 0.865. The van der Waals surface area contributed by atoms with Crippen molar-refractivity contribution in [3.8, 4) is 0 Å². The van der Waals surface area contributed by atoms with Crippen LogP contribution in [0.25, 0.3) is 11.0 Å². The Balaban J connectivity index is 2.69. The third-order valence-corrected chi connectivity index (χ3v) is 2.72. The number of carbonyl (C=O) groups is 1. The summed E-state index contributed by atoms with van der Waals surface area (Å²) in [6.45, 7) is 6.16. The van der Waals surface area contributed by atoms with Crippen LogP contribution in [0, 0.1) is 0 Å². The molecule has 0 bridgehead atoms. The van der Waals surface area contributed by atoms with Gasteiger partial charge in [0.2, 0.25) is 0 Å². The number of fused-ring (bicyclic) bond motifs is 1. The van der Waals surface area contributed by atoms with E-state index in [9.17, 15) is 4.79 Å². The first-order valence-electron chi connectivity index (χ1n) is 5.56. The van der Waals surface area contributed by atoms with Gasteiger partial charge in [-0.25, -0.2) is 4.98 Å². The maximum Gasteiger partial charge on any atom is 0.323 e. The van der Waals surface area contributed by atoms with E-state index in [0.717, 1.165) is 16.7 Å². The number of carboxylic acids is 1. The molecular weight excluding hydrogens is 216 g/mol. The van der Waals surface area contributed by atoms with E-state index in [4.69, 9.17) is 5.11 Å². The highest BCUT2D eigenvalue weighted by Crippen LogP contribution is 2.28.